The van der Waals surface area contributed by atoms with Crippen molar-refractivity contribution in [2.75, 3.05) is 26.4 Å². The highest BCUT2D eigenvalue weighted by atomic mass is 19.4. The molecular formula is C15H19F3N2O3. The Morgan fingerprint density at radius 3 is 2.87 bits per heavy atom. The van der Waals surface area contributed by atoms with Crippen LogP contribution in [-0.4, -0.2) is 43.4 Å². The Hall–Kier alpha value is -1.67. The summed E-state index contributed by atoms with van der Waals surface area (Å²) in [5, 5.41) is 2.61. The molecule has 1 unspecified atom stereocenters. The minimum Gasteiger partial charge on any atom is -0.379 e. The van der Waals surface area contributed by atoms with Gasteiger partial charge in [0.1, 0.15) is 5.69 Å². The predicted octanol–water partition coefficient (Wildman–Crippen LogP) is 2.42. The smallest absolute Gasteiger partial charge is 0.379 e. The van der Waals surface area contributed by atoms with Gasteiger partial charge in [-0.05, 0) is 31.4 Å². The number of nitrogens with zero attached hydrogens (tertiary/aromatic N) is 1. The fourth-order valence-electron chi connectivity index (χ4n) is 2.16. The molecule has 1 fully saturated rings. The van der Waals surface area contributed by atoms with Crippen LogP contribution in [-0.2, 0) is 15.7 Å². The molecule has 128 valence electrons. The van der Waals surface area contributed by atoms with Gasteiger partial charge in [-0.2, -0.15) is 13.2 Å². The van der Waals surface area contributed by atoms with E-state index in [0.29, 0.717) is 26.2 Å². The van der Waals surface area contributed by atoms with Crippen LogP contribution in [0.5, 0.6) is 0 Å². The van der Waals surface area contributed by atoms with E-state index in [1.807, 2.05) is 0 Å². The molecule has 1 aliphatic rings. The lowest BCUT2D eigenvalue weighted by Gasteiger charge is -2.10. The number of nitrogens with one attached hydrogen (secondary N) is 1. The molecule has 2 heterocycles. The molecule has 0 bridgehead atoms. The normalized spacial score (nSPS) is 18.1. The van der Waals surface area contributed by atoms with Crippen molar-refractivity contribution in [3.8, 4) is 0 Å². The summed E-state index contributed by atoms with van der Waals surface area (Å²) >= 11 is 0. The summed E-state index contributed by atoms with van der Waals surface area (Å²) in [5.41, 5.74) is -0.921. The lowest BCUT2D eigenvalue weighted by molar-refractivity contribution is -0.141. The predicted molar refractivity (Wildman–Crippen MR) is 76.0 cm³/mol. The summed E-state index contributed by atoms with van der Waals surface area (Å²) in [6, 6.07) is 1.90. The highest BCUT2D eigenvalue weighted by Crippen LogP contribution is 2.27. The summed E-state index contributed by atoms with van der Waals surface area (Å²) in [6.07, 6.45) is -0.723. The van der Waals surface area contributed by atoms with E-state index in [-0.39, 0.29) is 11.7 Å². The van der Waals surface area contributed by atoms with Crippen LogP contribution in [0.2, 0.25) is 0 Å². The number of rotatable bonds is 7. The number of aromatic nitrogens is 1. The molecule has 1 N–H and O–H groups in total. The van der Waals surface area contributed by atoms with Gasteiger partial charge in [-0.1, -0.05) is 0 Å². The maximum absolute atomic E-state index is 12.4. The minimum absolute atomic E-state index is 0.0956. The van der Waals surface area contributed by atoms with Crippen molar-refractivity contribution >= 4 is 5.91 Å². The standard InChI is InChI=1S/C15H19F3N2O3/c16-15(17,18)13-5-4-11(9-20-13)14(21)19-6-2-7-22-10-12-3-1-8-23-12/h4-5,9,12H,1-3,6-8,10H2,(H,19,21). The van der Waals surface area contributed by atoms with Gasteiger partial charge in [0.15, 0.2) is 0 Å². The van der Waals surface area contributed by atoms with Crippen LogP contribution in [0.25, 0.3) is 0 Å². The second-order valence-corrected chi connectivity index (χ2v) is 5.25. The highest BCUT2D eigenvalue weighted by molar-refractivity contribution is 5.93. The summed E-state index contributed by atoms with van der Waals surface area (Å²) in [5.74, 6) is -0.453. The van der Waals surface area contributed by atoms with Gasteiger partial charge >= 0.3 is 6.18 Å². The zero-order valence-corrected chi connectivity index (χ0v) is 12.6. The van der Waals surface area contributed by atoms with Gasteiger partial charge in [0.05, 0.1) is 18.3 Å². The van der Waals surface area contributed by atoms with Crippen molar-refractivity contribution in [1.29, 1.82) is 0 Å². The van der Waals surface area contributed by atoms with Crippen LogP contribution in [0, 0.1) is 0 Å². The average Bonchev–Trinajstić information content (AvgIpc) is 3.03. The number of carbonyl (C=O) groups is 1. The third kappa shape index (κ3) is 5.80. The molecule has 1 amide bonds. The number of ether oxygens (including phenoxy) is 2. The Morgan fingerprint density at radius 2 is 2.26 bits per heavy atom. The molecule has 1 saturated heterocycles. The largest absolute Gasteiger partial charge is 0.433 e. The van der Waals surface area contributed by atoms with Crippen molar-refractivity contribution in [2.24, 2.45) is 0 Å². The first kappa shape index (κ1) is 17.7. The van der Waals surface area contributed by atoms with Crippen LogP contribution < -0.4 is 5.32 Å². The molecular weight excluding hydrogens is 313 g/mol. The van der Waals surface area contributed by atoms with Gasteiger partial charge in [0, 0.05) is 26.0 Å². The van der Waals surface area contributed by atoms with E-state index in [1.165, 1.54) is 0 Å². The summed E-state index contributed by atoms with van der Waals surface area (Å²) < 4.78 is 48.0. The maximum atomic E-state index is 12.4. The molecule has 1 aliphatic heterocycles. The second-order valence-electron chi connectivity index (χ2n) is 5.25. The maximum Gasteiger partial charge on any atom is 0.433 e. The number of carbonyl (C=O) groups excluding carboxylic acids is 1. The van der Waals surface area contributed by atoms with Crippen molar-refractivity contribution in [3.05, 3.63) is 29.6 Å². The summed E-state index contributed by atoms with van der Waals surface area (Å²) in [6.45, 7) is 2.21. The van der Waals surface area contributed by atoms with Crippen molar-refractivity contribution in [2.45, 2.75) is 31.5 Å². The van der Waals surface area contributed by atoms with E-state index in [1.54, 1.807) is 0 Å². The number of amides is 1. The Labute approximate surface area is 132 Å². The van der Waals surface area contributed by atoms with E-state index in [4.69, 9.17) is 9.47 Å². The first-order chi connectivity index (χ1) is 11.0. The molecule has 0 aliphatic carbocycles. The van der Waals surface area contributed by atoms with E-state index < -0.39 is 17.8 Å². The minimum atomic E-state index is -4.50. The fraction of sp³-hybridized carbons (Fsp3) is 0.600. The Balaban J connectivity index is 1.62. The zero-order chi connectivity index (χ0) is 16.7. The number of alkyl halides is 3. The topological polar surface area (TPSA) is 60.5 Å². The number of hydrogen-bond donors (Lipinski definition) is 1. The van der Waals surface area contributed by atoms with E-state index in [0.717, 1.165) is 37.8 Å². The molecule has 0 spiro atoms. The first-order valence-electron chi connectivity index (χ1n) is 7.47. The summed E-state index contributed by atoms with van der Waals surface area (Å²) in [4.78, 5) is 15.0. The van der Waals surface area contributed by atoms with E-state index in [9.17, 15) is 18.0 Å². The number of pyridine rings is 1. The molecule has 1 aromatic heterocycles. The fourth-order valence-corrected chi connectivity index (χ4v) is 2.16. The zero-order valence-electron chi connectivity index (χ0n) is 12.6. The van der Waals surface area contributed by atoms with Gasteiger partial charge < -0.3 is 14.8 Å². The summed E-state index contributed by atoms with van der Waals surface area (Å²) in [7, 11) is 0. The Morgan fingerprint density at radius 1 is 1.43 bits per heavy atom. The van der Waals surface area contributed by atoms with E-state index in [2.05, 4.69) is 10.3 Å². The molecule has 1 atom stereocenters. The van der Waals surface area contributed by atoms with E-state index >= 15 is 0 Å². The molecule has 0 radical (unpaired) electrons. The molecule has 23 heavy (non-hydrogen) atoms. The second kappa shape index (κ2) is 8.26. The highest BCUT2D eigenvalue weighted by Gasteiger charge is 2.32. The van der Waals surface area contributed by atoms with Gasteiger partial charge in [0.25, 0.3) is 5.91 Å². The third-order valence-electron chi connectivity index (χ3n) is 3.39. The number of halogens is 3. The number of hydrogen-bond acceptors (Lipinski definition) is 4. The SMILES string of the molecule is O=C(NCCCOCC1CCCO1)c1ccc(C(F)(F)F)nc1. The molecule has 0 aromatic carbocycles. The average molecular weight is 332 g/mol. The van der Waals surface area contributed by atoms with Gasteiger partial charge in [-0.25, -0.2) is 0 Å². The van der Waals surface area contributed by atoms with Crippen molar-refractivity contribution in [3.63, 3.8) is 0 Å². The Kier molecular flexibility index (Phi) is 6.35. The van der Waals surface area contributed by atoms with Crippen LogP contribution >= 0.6 is 0 Å². The molecule has 2 rings (SSSR count). The molecule has 0 saturated carbocycles. The lowest BCUT2D eigenvalue weighted by atomic mass is 10.2. The van der Waals surface area contributed by atoms with Crippen LogP contribution in [0.4, 0.5) is 13.2 Å². The quantitative estimate of drug-likeness (QED) is 0.779. The van der Waals surface area contributed by atoms with Crippen molar-refractivity contribution < 1.29 is 27.4 Å². The Bertz CT molecular complexity index is 500. The molecule has 5 nitrogen and oxygen atoms in total. The van der Waals surface area contributed by atoms with Gasteiger partial charge in [-0.15, -0.1) is 0 Å². The third-order valence-corrected chi connectivity index (χ3v) is 3.39. The molecule has 8 heteroatoms. The van der Waals surface area contributed by atoms with Crippen molar-refractivity contribution in [1.82, 2.24) is 10.3 Å². The van der Waals surface area contributed by atoms with Crippen LogP contribution in [0.3, 0.4) is 0 Å². The monoisotopic (exact) mass is 332 g/mol. The van der Waals surface area contributed by atoms with Crippen LogP contribution in [0.1, 0.15) is 35.3 Å². The lowest BCUT2D eigenvalue weighted by Crippen LogP contribution is -2.26. The van der Waals surface area contributed by atoms with Gasteiger partial charge in [0.2, 0.25) is 0 Å². The van der Waals surface area contributed by atoms with Crippen LogP contribution in [0.15, 0.2) is 18.3 Å². The van der Waals surface area contributed by atoms with Gasteiger partial charge in [-0.3, -0.25) is 9.78 Å². The molecule has 1 aromatic rings. The first-order valence-corrected chi connectivity index (χ1v) is 7.47.